The molecule has 202 valence electrons. The van der Waals surface area contributed by atoms with Crippen molar-refractivity contribution in [3.8, 4) is 0 Å². The van der Waals surface area contributed by atoms with E-state index in [0.29, 0.717) is 18.8 Å². The van der Waals surface area contributed by atoms with Crippen LogP contribution >= 0.6 is 0 Å². The number of rotatable bonds is 7. The van der Waals surface area contributed by atoms with Crippen LogP contribution in [-0.2, 0) is 14.9 Å². The van der Waals surface area contributed by atoms with Gasteiger partial charge in [0.05, 0.1) is 24.1 Å². The van der Waals surface area contributed by atoms with Crippen molar-refractivity contribution in [1.82, 2.24) is 5.32 Å². The van der Waals surface area contributed by atoms with Gasteiger partial charge in [0.2, 0.25) is 5.91 Å². The maximum atomic E-state index is 12.2. The van der Waals surface area contributed by atoms with Crippen LogP contribution in [-0.4, -0.2) is 64.8 Å². The molecule has 11 atom stereocenters. The Morgan fingerprint density at radius 1 is 1.06 bits per heavy atom. The Hall–Kier alpha value is -0.740. The molecule has 0 unspecified atom stereocenters. The molecule has 0 aromatic rings. The molecule has 5 N–H and O–H groups in total. The molecule has 9 heteroatoms. The summed E-state index contributed by atoms with van der Waals surface area (Å²) in [5.74, 6) is 0.705. The summed E-state index contributed by atoms with van der Waals surface area (Å²) < 4.78 is 30.5. The highest BCUT2D eigenvalue weighted by atomic mass is 32.2. The van der Waals surface area contributed by atoms with Crippen LogP contribution in [0.5, 0.6) is 0 Å². The largest absolute Gasteiger partial charge is 0.393 e. The van der Waals surface area contributed by atoms with E-state index in [2.05, 4.69) is 26.1 Å². The molecule has 35 heavy (non-hydrogen) atoms. The molecule has 1 amide bonds. The highest BCUT2D eigenvalue weighted by Crippen LogP contribution is 2.68. The standard InChI is InChI=1S/C26H45NO7S/c1-15(4-7-23(31)27-10-11-35(32,33)34)18-5-6-19-24-20(14-22(30)26(18,19)3)25(2)9-8-17(28)12-16(25)13-21(24)29/h15-22,24,28-30H,4-14H2,1-3H3,(H,27,31)(H,32,33,34)/t15-,16+,17-,18-,19+,20+,21+,22+,24+,25-,26+/m0/s1. The number of carbonyl (C=O) groups is 1. The first kappa shape index (κ1) is 27.3. The van der Waals surface area contributed by atoms with Gasteiger partial charge in [-0.15, -0.1) is 0 Å². The monoisotopic (exact) mass is 515 g/mol. The smallest absolute Gasteiger partial charge is 0.266 e. The maximum absolute atomic E-state index is 12.2. The zero-order chi connectivity index (χ0) is 25.8. The minimum absolute atomic E-state index is 0.0509. The van der Waals surface area contributed by atoms with Gasteiger partial charge in [-0.25, -0.2) is 0 Å². The van der Waals surface area contributed by atoms with E-state index >= 15 is 0 Å². The summed E-state index contributed by atoms with van der Waals surface area (Å²) >= 11 is 0. The Balaban J connectivity index is 1.43. The quantitative estimate of drug-likeness (QED) is 0.327. The average molecular weight is 516 g/mol. The van der Waals surface area contributed by atoms with Crippen LogP contribution in [0, 0.1) is 46.3 Å². The van der Waals surface area contributed by atoms with Crippen LogP contribution in [0.3, 0.4) is 0 Å². The van der Waals surface area contributed by atoms with Crippen molar-refractivity contribution in [2.24, 2.45) is 46.3 Å². The molecule has 4 aliphatic rings. The van der Waals surface area contributed by atoms with Gasteiger partial charge in [0, 0.05) is 13.0 Å². The predicted octanol–water partition coefficient (Wildman–Crippen LogP) is 2.37. The summed E-state index contributed by atoms with van der Waals surface area (Å²) in [4.78, 5) is 12.2. The molecule has 0 bridgehead atoms. The molecule has 4 fully saturated rings. The highest BCUT2D eigenvalue weighted by molar-refractivity contribution is 7.85. The van der Waals surface area contributed by atoms with Crippen LogP contribution < -0.4 is 5.32 Å². The van der Waals surface area contributed by atoms with Crippen LogP contribution in [0.15, 0.2) is 0 Å². The van der Waals surface area contributed by atoms with E-state index in [9.17, 15) is 28.5 Å². The molecule has 0 heterocycles. The zero-order valence-electron chi connectivity index (χ0n) is 21.4. The number of hydrogen-bond acceptors (Lipinski definition) is 6. The minimum atomic E-state index is -4.10. The third kappa shape index (κ3) is 5.05. The molecular weight excluding hydrogens is 470 g/mol. The lowest BCUT2D eigenvalue weighted by atomic mass is 9.43. The SMILES string of the molecule is C[C@@H](CCC(=O)NCCS(=O)(=O)O)[C@@H]1CC[C@@H]2[C@H]3[C@H](O)C[C@H]4C[C@@H](O)CC[C@]4(C)[C@@H]3C[C@@H](O)[C@@]21C. The van der Waals surface area contributed by atoms with Crippen LogP contribution in [0.4, 0.5) is 0 Å². The van der Waals surface area contributed by atoms with Gasteiger partial charge >= 0.3 is 0 Å². The van der Waals surface area contributed by atoms with Gasteiger partial charge in [0.25, 0.3) is 10.1 Å². The fraction of sp³-hybridized carbons (Fsp3) is 0.962. The van der Waals surface area contributed by atoms with E-state index in [-0.39, 0.29) is 65.4 Å². The van der Waals surface area contributed by atoms with E-state index in [1.54, 1.807) is 0 Å². The summed E-state index contributed by atoms with van der Waals surface area (Å²) in [6.07, 6.45) is 5.67. The van der Waals surface area contributed by atoms with Gasteiger partial charge < -0.3 is 20.6 Å². The van der Waals surface area contributed by atoms with E-state index in [4.69, 9.17) is 4.55 Å². The molecule has 0 saturated heterocycles. The Kier molecular flexibility index (Phi) is 7.69. The fourth-order valence-corrected chi connectivity index (χ4v) is 9.46. The van der Waals surface area contributed by atoms with Crippen LogP contribution in [0.25, 0.3) is 0 Å². The normalized spacial score (nSPS) is 46.3. The predicted molar refractivity (Wildman–Crippen MR) is 132 cm³/mol. The summed E-state index contributed by atoms with van der Waals surface area (Å²) in [6.45, 7) is 6.56. The molecule has 0 aromatic heterocycles. The Bertz CT molecular complexity index is 896. The van der Waals surface area contributed by atoms with Gasteiger partial charge in [0.1, 0.15) is 0 Å². The molecule has 4 saturated carbocycles. The maximum Gasteiger partial charge on any atom is 0.266 e. The number of hydrogen-bond donors (Lipinski definition) is 5. The molecule has 0 aliphatic heterocycles. The summed E-state index contributed by atoms with van der Waals surface area (Å²) in [5, 5.41) is 35.8. The third-order valence-electron chi connectivity index (χ3n) is 11.0. The molecule has 0 radical (unpaired) electrons. The summed E-state index contributed by atoms with van der Waals surface area (Å²) in [5.41, 5.74) is -0.254. The second kappa shape index (κ2) is 9.86. The topological polar surface area (TPSA) is 144 Å². The van der Waals surface area contributed by atoms with Gasteiger partial charge in [-0.3, -0.25) is 9.35 Å². The van der Waals surface area contributed by atoms with Crippen molar-refractivity contribution < 1.29 is 33.1 Å². The number of fused-ring (bicyclic) bond motifs is 5. The van der Waals surface area contributed by atoms with Crippen molar-refractivity contribution >= 4 is 16.0 Å². The Morgan fingerprint density at radius 2 is 1.77 bits per heavy atom. The number of nitrogens with one attached hydrogen (secondary N) is 1. The van der Waals surface area contributed by atoms with Gasteiger partial charge in [0.15, 0.2) is 0 Å². The Morgan fingerprint density at radius 3 is 2.46 bits per heavy atom. The second-order valence-corrected chi connectivity index (χ2v) is 14.2. The molecular formula is C26H45NO7S. The van der Waals surface area contributed by atoms with E-state index in [1.165, 1.54) is 0 Å². The van der Waals surface area contributed by atoms with E-state index in [1.807, 2.05) is 0 Å². The highest BCUT2D eigenvalue weighted by Gasteiger charge is 2.65. The van der Waals surface area contributed by atoms with Crippen LogP contribution in [0.1, 0.15) is 78.6 Å². The van der Waals surface area contributed by atoms with Crippen molar-refractivity contribution in [1.29, 1.82) is 0 Å². The lowest BCUT2D eigenvalue weighted by Crippen LogP contribution is -2.62. The van der Waals surface area contributed by atoms with E-state index < -0.39 is 28.1 Å². The van der Waals surface area contributed by atoms with Gasteiger partial charge in [-0.2, -0.15) is 8.42 Å². The number of carbonyl (C=O) groups excluding carboxylic acids is 1. The first-order valence-corrected chi connectivity index (χ1v) is 15.1. The molecule has 4 aliphatic carbocycles. The van der Waals surface area contributed by atoms with Crippen molar-refractivity contribution in [3.05, 3.63) is 0 Å². The van der Waals surface area contributed by atoms with Gasteiger partial charge in [-0.05, 0) is 97.7 Å². The van der Waals surface area contributed by atoms with Crippen LogP contribution in [0.2, 0.25) is 0 Å². The summed E-state index contributed by atoms with van der Waals surface area (Å²) in [7, 11) is -4.10. The first-order valence-electron chi connectivity index (χ1n) is 13.5. The molecule has 0 aromatic carbocycles. The first-order chi connectivity index (χ1) is 16.3. The zero-order valence-corrected chi connectivity index (χ0v) is 22.2. The minimum Gasteiger partial charge on any atom is -0.393 e. The number of aliphatic hydroxyl groups excluding tert-OH is 3. The second-order valence-electron chi connectivity index (χ2n) is 12.7. The van der Waals surface area contributed by atoms with Gasteiger partial charge in [-0.1, -0.05) is 20.8 Å². The molecule has 0 spiro atoms. The number of amides is 1. The van der Waals surface area contributed by atoms with Crippen molar-refractivity contribution in [3.63, 3.8) is 0 Å². The molecule has 8 nitrogen and oxygen atoms in total. The fourth-order valence-electron chi connectivity index (χ4n) is 9.10. The Labute approximate surface area is 210 Å². The lowest BCUT2D eigenvalue weighted by Gasteiger charge is -2.63. The average Bonchev–Trinajstić information content (AvgIpc) is 3.12. The summed E-state index contributed by atoms with van der Waals surface area (Å²) in [6, 6.07) is 0. The third-order valence-corrected chi connectivity index (χ3v) is 11.7. The van der Waals surface area contributed by atoms with E-state index in [0.717, 1.165) is 38.5 Å². The van der Waals surface area contributed by atoms with Crippen molar-refractivity contribution in [2.75, 3.05) is 12.3 Å². The molecule has 4 rings (SSSR count). The number of aliphatic hydroxyl groups is 3. The lowest BCUT2D eigenvalue weighted by molar-refractivity contribution is -0.207. The van der Waals surface area contributed by atoms with Crippen molar-refractivity contribution in [2.45, 2.75) is 96.9 Å².